The molecule has 4 rings (SSSR count). The van der Waals surface area contributed by atoms with E-state index < -0.39 is 0 Å². The first-order chi connectivity index (χ1) is 17.9. The molecule has 0 aliphatic carbocycles. The zero-order valence-corrected chi connectivity index (χ0v) is 24.1. The minimum Gasteiger partial charge on any atom is -0.352 e. The maximum absolute atomic E-state index is 13.9. The largest absolute Gasteiger partial charge is 0.352 e. The number of carbonyl (C=O) groups excluding carboxylic acids is 2. The molecule has 6 nitrogen and oxygen atoms in total. The van der Waals surface area contributed by atoms with E-state index in [1.54, 1.807) is 17.0 Å². The summed E-state index contributed by atoms with van der Waals surface area (Å²) in [6.45, 7) is 14.2. The van der Waals surface area contributed by atoms with Gasteiger partial charge >= 0.3 is 0 Å². The number of nitrogens with one attached hydrogen (secondary N) is 1. The molecule has 0 spiro atoms. The SMILES string of the molecule is CC[C@H](C)NC(=O)CN1C(=O)CS[C@H](c2ccc(F)cc2)c2c(C(C)(C)C)nn(-c3cccc(C)c3C)c21. The molecule has 0 saturated carbocycles. The highest BCUT2D eigenvalue weighted by Crippen LogP contribution is 2.48. The first-order valence-corrected chi connectivity index (χ1v) is 14.1. The normalized spacial score (nSPS) is 16.7. The van der Waals surface area contributed by atoms with Gasteiger partial charge in [-0.15, -0.1) is 11.8 Å². The van der Waals surface area contributed by atoms with E-state index in [4.69, 9.17) is 5.10 Å². The van der Waals surface area contributed by atoms with E-state index in [-0.39, 0.29) is 46.6 Å². The molecular weight excluding hydrogens is 499 g/mol. The summed E-state index contributed by atoms with van der Waals surface area (Å²) in [4.78, 5) is 28.4. The van der Waals surface area contributed by atoms with Crippen molar-refractivity contribution in [1.82, 2.24) is 15.1 Å². The van der Waals surface area contributed by atoms with Crippen LogP contribution in [0.4, 0.5) is 10.2 Å². The average molecular weight is 537 g/mol. The fraction of sp³-hybridized carbons (Fsp3) is 0.433. The molecule has 0 bridgehead atoms. The maximum atomic E-state index is 13.9. The molecule has 0 unspecified atom stereocenters. The molecule has 2 amide bonds. The molecule has 2 aromatic carbocycles. The Bertz CT molecular complexity index is 1340. The van der Waals surface area contributed by atoms with Crippen molar-refractivity contribution in [3.8, 4) is 5.69 Å². The Hall–Kier alpha value is -3.13. The zero-order chi connectivity index (χ0) is 27.8. The van der Waals surface area contributed by atoms with Crippen molar-refractivity contribution in [1.29, 1.82) is 0 Å². The number of hydrogen-bond donors (Lipinski definition) is 1. The first kappa shape index (κ1) is 27.9. The van der Waals surface area contributed by atoms with Gasteiger partial charge in [0.05, 0.1) is 22.4 Å². The fourth-order valence-electron chi connectivity index (χ4n) is 4.67. The van der Waals surface area contributed by atoms with Crippen LogP contribution >= 0.6 is 11.8 Å². The highest BCUT2D eigenvalue weighted by Gasteiger charge is 2.40. The van der Waals surface area contributed by atoms with Crippen LogP contribution in [0.1, 0.15) is 74.2 Å². The predicted octanol–water partition coefficient (Wildman–Crippen LogP) is 6.01. The van der Waals surface area contributed by atoms with Gasteiger partial charge in [-0.3, -0.25) is 14.5 Å². The second-order valence-electron chi connectivity index (χ2n) is 11.1. The summed E-state index contributed by atoms with van der Waals surface area (Å²) in [5.41, 5.74) is 5.28. The van der Waals surface area contributed by atoms with Gasteiger partial charge in [-0.1, -0.05) is 52.0 Å². The maximum Gasteiger partial charge on any atom is 0.240 e. The summed E-state index contributed by atoms with van der Waals surface area (Å²) in [5.74, 6) is 0.104. The lowest BCUT2D eigenvalue weighted by molar-refractivity contribution is -0.123. The molecule has 202 valence electrons. The number of thioether (sulfide) groups is 1. The number of aromatic nitrogens is 2. The van der Waals surface area contributed by atoms with Gasteiger partial charge in [0.2, 0.25) is 11.8 Å². The van der Waals surface area contributed by atoms with E-state index in [2.05, 4.69) is 26.1 Å². The number of halogens is 1. The zero-order valence-electron chi connectivity index (χ0n) is 23.3. The smallest absolute Gasteiger partial charge is 0.240 e. The van der Waals surface area contributed by atoms with Crippen molar-refractivity contribution in [3.63, 3.8) is 0 Å². The average Bonchev–Trinajstić information content (AvgIpc) is 3.19. The number of fused-ring (bicyclic) bond motifs is 1. The van der Waals surface area contributed by atoms with E-state index in [1.165, 1.54) is 23.9 Å². The predicted molar refractivity (Wildman–Crippen MR) is 153 cm³/mol. The molecule has 3 aromatic rings. The number of benzene rings is 2. The molecule has 2 heterocycles. The van der Waals surface area contributed by atoms with Crippen molar-refractivity contribution in [2.24, 2.45) is 0 Å². The number of rotatable bonds is 6. The van der Waals surface area contributed by atoms with Crippen molar-refractivity contribution in [2.75, 3.05) is 17.2 Å². The van der Waals surface area contributed by atoms with Gasteiger partial charge in [-0.2, -0.15) is 5.10 Å². The van der Waals surface area contributed by atoms with E-state index in [9.17, 15) is 14.0 Å². The summed E-state index contributed by atoms with van der Waals surface area (Å²) in [5, 5.41) is 7.89. The van der Waals surface area contributed by atoms with Crippen molar-refractivity contribution < 1.29 is 14.0 Å². The summed E-state index contributed by atoms with van der Waals surface area (Å²) < 4.78 is 15.7. The summed E-state index contributed by atoms with van der Waals surface area (Å²) in [7, 11) is 0. The van der Waals surface area contributed by atoms with Gasteiger partial charge in [0.25, 0.3) is 0 Å². The summed E-state index contributed by atoms with van der Waals surface area (Å²) in [6.07, 6.45) is 0.794. The van der Waals surface area contributed by atoms with Gasteiger partial charge in [0, 0.05) is 17.0 Å². The third-order valence-corrected chi connectivity index (χ3v) is 8.35. The van der Waals surface area contributed by atoms with Gasteiger partial charge in [-0.25, -0.2) is 9.07 Å². The van der Waals surface area contributed by atoms with Crippen LogP contribution in [0.5, 0.6) is 0 Å². The van der Waals surface area contributed by atoms with Crippen LogP contribution in [-0.2, 0) is 15.0 Å². The number of hydrogen-bond acceptors (Lipinski definition) is 4. The van der Waals surface area contributed by atoms with Gasteiger partial charge < -0.3 is 5.32 Å². The first-order valence-electron chi connectivity index (χ1n) is 13.1. The number of carbonyl (C=O) groups is 2. The van der Waals surface area contributed by atoms with Crippen molar-refractivity contribution in [2.45, 2.75) is 71.6 Å². The van der Waals surface area contributed by atoms with Crippen LogP contribution in [0.3, 0.4) is 0 Å². The minimum atomic E-state index is -0.357. The highest BCUT2D eigenvalue weighted by atomic mass is 32.2. The number of anilines is 1. The fourth-order valence-corrected chi connectivity index (χ4v) is 5.87. The monoisotopic (exact) mass is 536 g/mol. The van der Waals surface area contributed by atoms with E-state index >= 15 is 0 Å². The molecule has 8 heteroatoms. The molecule has 38 heavy (non-hydrogen) atoms. The van der Waals surface area contributed by atoms with Gasteiger partial charge in [0.15, 0.2) is 0 Å². The van der Waals surface area contributed by atoms with Crippen LogP contribution in [0.25, 0.3) is 5.69 Å². The third kappa shape index (κ3) is 5.51. The highest BCUT2D eigenvalue weighted by molar-refractivity contribution is 8.00. The van der Waals surface area contributed by atoms with Crippen LogP contribution in [-0.4, -0.2) is 39.9 Å². The Kier molecular flexibility index (Phi) is 8.02. The Labute approximate surface area is 229 Å². The van der Waals surface area contributed by atoms with Crippen LogP contribution < -0.4 is 10.2 Å². The minimum absolute atomic E-state index is 0.000506. The summed E-state index contributed by atoms with van der Waals surface area (Å²) >= 11 is 1.49. The lowest BCUT2D eigenvalue weighted by Gasteiger charge is -2.25. The molecule has 1 N–H and O–H groups in total. The second kappa shape index (κ2) is 10.9. The molecule has 1 aromatic heterocycles. The lowest BCUT2D eigenvalue weighted by Crippen LogP contribution is -2.44. The van der Waals surface area contributed by atoms with Crippen molar-refractivity contribution in [3.05, 3.63) is 76.2 Å². The van der Waals surface area contributed by atoms with E-state index in [0.29, 0.717) is 5.82 Å². The number of nitrogens with zero attached hydrogens (tertiary/aromatic N) is 3. The molecule has 1 aliphatic heterocycles. The second-order valence-corrected chi connectivity index (χ2v) is 12.2. The molecule has 2 atom stereocenters. The molecule has 0 radical (unpaired) electrons. The molecule has 1 aliphatic rings. The Morgan fingerprint density at radius 2 is 1.87 bits per heavy atom. The standard InChI is InChI=1S/C30H37FN4O2S/c1-8-19(3)32-24(36)16-34-25(37)17-38-27(21-12-14-22(31)15-13-21)26-28(30(5,6)7)33-35(29(26)34)23-11-9-10-18(2)20(23)4/h9-15,19,27H,8,16-17H2,1-7H3,(H,32,36)/t19-,27+/m0/s1. The Balaban J connectivity index is 2.02. The van der Waals surface area contributed by atoms with Crippen molar-refractivity contribution >= 4 is 29.4 Å². The van der Waals surface area contributed by atoms with Crippen LogP contribution in [0.15, 0.2) is 42.5 Å². The number of aryl methyl sites for hydroxylation is 1. The molecule has 0 fully saturated rings. The molecule has 0 saturated heterocycles. The van der Waals surface area contributed by atoms with Crippen LogP contribution in [0.2, 0.25) is 0 Å². The Morgan fingerprint density at radius 1 is 1.18 bits per heavy atom. The lowest BCUT2D eigenvalue weighted by atomic mass is 9.87. The van der Waals surface area contributed by atoms with Gasteiger partial charge in [-0.05, 0) is 62.1 Å². The number of amides is 2. The summed E-state index contributed by atoms with van der Waals surface area (Å²) in [6, 6.07) is 12.5. The Morgan fingerprint density at radius 3 is 2.50 bits per heavy atom. The molecular formula is C30H37FN4O2S. The van der Waals surface area contributed by atoms with E-state index in [1.807, 2.05) is 50.6 Å². The topological polar surface area (TPSA) is 67.2 Å². The van der Waals surface area contributed by atoms with E-state index in [0.717, 1.165) is 40.1 Å². The van der Waals surface area contributed by atoms with Crippen LogP contribution in [0, 0.1) is 19.7 Å². The third-order valence-electron chi connectivity index (χ3n) is 7.10. The van der Waals surface area contributed by atoms with Gasteiger partial charge in [0.1, 0.15) is 18.2 Å². The quantitative estimate of drug-likeness (QED) is 0.419.